The van der Waals surface area contributed by atoms with Gasteiger partial charge in [-0.2, -0.15) is 0 Å². The molecule has 0 aromatic heterocycles. The molecule has 0 atom stereocenters. The van der Waals surface area contributed by atoms with Gasteiger partial charge in [-0.15, -0.1) is 0 Å². The van der Waals surface area contributed by atoms with Crippen LogP contribution in [0.2, 0.25) is 0 Å². The van der Waals surface area contributed by atoms with Gasteiger partial charge in [0.15, 0.2) is 0 Å². The molecule has 3 rings (SSSR count). The summed E-state index contributed by atoms with van der Waals surface area (Å²) in [5.41, 5.74) is 10.3. The van der Waals surface area contributed by atoms with Crippen LogP contribution in [0.25, 0.3) is 0 Å². The minimum Gasteiger partial charge on any atom is -0.496 e. The van der Waals surface area contributed by atoms with E-state index in [1.165, 1.54) is 11.1 Å². The summed E-state index contributed by atoms with van der Waals surface area (Å²) in [4.78, 5) is 4.53. The van der Waals surface area contributed by atoms with Gasteiger partial charge in [0.1, 0.15) is 11.6 Å². The summed E-state index contributed by atoms with van der Waals surface area (Å²) < 4.78 is 5.43. The van der Waals surface area contributed by atoms with Crippen LogP contribution in [-0.2, 0) is 12.8 Å². The van der Waals surface area contributed by atoms with E-state index in [2.05, 4.69) is 34.6 Å². The van der Waals surface area contributed by atoms with E-state index < -0.39 is 0 Å². The number of hydrogen-bond donors (Lipinski definition) is 2. The highest BCUT2D eigenvalue weighted by atomic mass is 16.5. The second kappa shape index (κ2) is 6.52. The molecule has 0 fully saturated rings. The zero-order chi connectivity index (χ0) is 15.4. The lowest BCUT2D eigenvalue weighted by atomic mass is 9.98. The first-order chi connectivity index (χ1) is 10.8. The van der Waals surface area contributed by atoms with Gasteiger partial charge in [-0.25, -0.2) is 0 Å². The minimum atomic E-state index is 0.769. The zero-order valence-corrected chi connectivity index (χ0v) is 12.8. The van der Waals surface area contributed by atoms with Crippen LogP contribution < -0.4 is 15.8 Å². The standard InChI is InChI=1S/C18H21N3O/c1-22-17-9-8-15(19)12-14(17)7-6-13-4-2-3-5-16(13)18-20-10-11-21-18/h2-5,8-9,12H,6-7,10-11,19H2,1H3,(H,20,21). The molecule has 2 aromatic rings. The number of anilines is 1. The smallest absolute Gasteiger partial charge is 0.128 e. The van der Waals surface area contributed by atoms with Crippen LogP contribution in [-0.4, -0.2) is 26.0 Å². The van der Waals surface area contributed by atoms with Crippen LogP contribution in [0.5, 0.6) is 5.75 Å². The molecule has 2 aromatic carbocycles. The third-order valence-electron chi connectivity index (χ3n) is 3.91. The van der Waals surface area contributed by atoms with E-state index in [4.69, 9.17) is 10.5 Å². The van der Waals surface area contributed by atoms with Gasteiger partial charge in [-0.3, -0.25) is 4.99 Å². The zero-order valence-electron chi connectivity index (χ0n) is 12.8. The highest BCUT2D eigenvalue weighted by Crippen LogP contribution is 2.23. The van der Waals surface area contributed by atoms with Crippen molar-refractivity contribution >= 4 is 11.5 Å². The maximum Gasteiger partial charge on any atom is 0.128 e. The van der Waals surface area contributed by atoms with Gasteiger partial charge < -0.3 is 15.8 Å². The summed E-state index contributed by atoms with van der Waals surface area (Å²) in [6.07, 6.45) is 1.81. The molecule has 4 nitrogen and oxygen atoms in total. The second-order valence-corrected chi connectivity index (χ2v) is 5.39. The molecule has 3 N–H and O–H groups in total. The number of amidine groups is 1. The largest absolute Gasteiger partial charge is 0.496 e. The Balaban J connectivity index is 1.81. The Hall–Kier alpha value is -2.49. The molecule has 1 heterocycles. The third-order valence-corrected chi connectivity index (χ3v) is 3.91. The highest BCUT2D eigenvalue weighted by Gasteiger charge is 2.12. The van der Waals surface area contributed by atoms with Crippen molar-refractivity contribution in [3.05, 3.63) is 59.2 Å². The molecule has 0 saturated heterocycles. The summed E-state index contributed by atoms with van der Waals surface area (Å²) in [5, 5.41) is 3.35. The fraction of sp³-hybridized carbons (Fsp3) is 0.278. The Bertz CT molecular complexity index is 694. The Morgan fingerprint density at radius 1 is 1.14 bits per heavy atom. The number of methoxy groups -OCH3 is 1. The lowest BCUT2D eigenvalue weighted by Gasteiger charge is -2.12. The van der Waals surface area contributed by atoms with Gasteiger partial charge in [-0.05, 0) is 42.2 Å². The van der Waals surface area contributed by atoms with Crippen LogP contribution in [0.3, 0.4) is 0 Å². The van der Waals surface area contributed by atoms with E-state index in [0.29, 0.717) is 0 Å². The average molecular weight is 295 g/mol. The van der Waals surface area contributed by atoms with Crippen molar-refractivity contribution in [2.24, 2.45) is 4.99 Å². The molecule has 0 amide bonds. The summed E-state index contributed by atoms with van der Waals surface area (Å²) >= 11 is 0. The maximum atomic E-state index is 5.90. The molecule has 0 bridgehead atoms. The van der Waals surface area contributed by atoms with Gasteiger partial charge in [-0.1, -0.05) is 24.3 Å². The normalized spacial score (nSPS) is 13.6. The Kier molecular flexibility index (Phi) is 4.28. The predicted octanol–water partition coefficient (Wildman–Crippen LogP) is 2.41. The van der Waals surface area contributed by atoms with E-state index in [9.17, 15) is 0 Å². The van der Waals surface area contributed by atoms with Crippen molar-refractivity contribution in [1.82, 2.24) is 5.32 Å². The monoisotopic (exact) mass is 295 g/mol. The van der Waals surface area contributed by atoms with Gasteiger partial charge in [0.25, 0.3) is 0 Å². The number of nitrogens with one attached hydrogen (secondary N) is 1. The molecule has 114 valence electrons. The van der Waals surface area contributed by atoms with Crippen molar-refractivity contribution in [2.75, 3.05) is 25.9 Å². The first kappa shape index (κ1) is 14.4. The molecule has 0 saturated carbocycles. The molecule has 0 radical (unpaired) electrons. The first-order valence-corrected chi connectivity index (χ1v) is 7.57. The third kappa shape index (κ3) is 3.06. The number of benzene rings is 2. The fourth-order valence-electron chi connectivity index (χ4n) is 2.81. The Morgan fingerprint density at radius 2 is 1.95 bits per heavy atom. The fourth-order valence-corrected chi connectivity index (χ4v) is 2.81. The molecule has 4 heteroatoms. The Labute approximate surface area is 131 Å². The van der Waals surface area contributed by atoms with Crippen LogP contribution in [0.4, 0.5) is 5.69 Å². The quantitative estimate of drug-likeness (QED) is 0.833. The van der Waals surface area contributed by atoms with E-state index in [0.717, 1.165) is 48.8 Å². The van der Waals surface area contributed by atoms with Crippen LogP contribution in [0.15, 0.2) is 47.5 Å². The molecule has 1 aliphatic rings. The van der Waals surface area contributed by atoms with Gasteiger partial charge in [0.05, 0.1) is 13.7 Å². The summed E-state index contributed by atoms with van der Waals surface area (Å²) in [7, 11) is 1.69. The first-order valence-electron chi connectivity index (χ1n) is 7.57. The minimum absolute atomic E-state index is 0.769. The lowest BCUT2D eigenvalue weighted by Crippen LogP contribution is -2.21. The van der Waals surface area contributed by atoms with Crippen molar-refractivity contribution < 1.29 is 4.74 Å². The van der Waals surface area contributed by atoms with Crippen LogP contribution in [0, 0.1) is 0 Å². The van der Waals surface area contributed by atoms with Gasteiger partial charge in [0, 0.05) is 17.8 Å². The summed E-state index contributed by atoms with van der Waals surface area (Å²) in [6, 6.07) is 14.2. The molecule has 0 aliphatic carbocycles. The van der Waals surface area contributed by atoms with Crippen molar-refractivity contribution in [3.63, 3.8) is 0 Å². The number of aryl methyl sites for hydroxylation is 2. The molecule has 0 spiro atoms. The SMILES string of the molecule is COc1ccc(N)cc1CCc1ccccc1C1=NCCN1. The average Bonchev–Trinajstić information content (AvgIpc) is 3.07. The van der Waals surface area contributed by atoms with Crippen molar-refractivity contribution in [2.45, 2.75) is 12.8 Å². The number of nitrogen functional groups attached to an aromatic ring is 1. The number of nitrogens with two attached hydrogens (primary N) is 1. The van der Waals surface area contributed by atoms with E-state index in [1.807, 2.05) is 18.2 Å². The van der Waals surface area contributed by atoms with Crippen molar-refractivity contribution in [1.29, 1.82) is 0 Å². The predicted molar refractivity (Wildman–Crippen MR) is 90.7 cm³/mol. The molecular formula is C18H21N3O. The lowest BCUT2D eigenvalue weighted by molar-refractivity contribution is 0.409. The van der Waals surface area contributed by atoms with E-state index in [1.54, 1.807) is 7.11 Å². The number of ether oxygens (including phenoxy) is 1. The van der Waals surface area contributed by atoms with E-state index in [-0.39, 0.29) is 0 Å². The number of aliphatic imine (C=N–C) groups is 1. The number of nitrogens with zero attached hydrogens (tertiary/aromatic N) is 1. The summed E-state index contributed by atoms with van der Waals surface area (Å²) in [6.45, 7) is 1.78. The van der Waals surface area contributed by atoms with Gasteiger partial charge >= 0.3 is 0 Å². The number of hydrogen-bond acceptors (Lipinski definition) is 4. The molecular weight excluding hydrogens is 274 g/mol. The number of rotatable bonds is 5. The summed E-state index contributed by atoms with van der Waals surface area (Å²) in [5.74, 6) is 1.90. The Morgan fingerprint density at radius 3 is 2.73 bits per heavy atom. The second-order valence-electron chi connectivity index (χ2n) is 5.39. The van der Waals surface area contributed by atoms with Gasteiger partial charge in [0.2, 0.25) is 0 Å². The van der Waals surface area contributed by atoms with Crippen LogP contribution in [0.1, 0.15) is 16.7 Å². The van der Waals surface area contributed by atoms with E-state index >= 15 is 0 Å². The molecule has 22 heavy (non-hydrogen) atoms. The van der Waals surface area contributed by atoms with Crippen molar-refractivity contribution in [3.8, 4) is 5.75 Å². The molecule has 0 unspecified atom stereocenters. The van der Waals surface area contributed by atoms with Crippen LogP contribution >= 0.6 is 0 Å². The topological polar surface area (TPSA) is 59.6 Å². The molecule has 1 aliphatic heterocycles. The maximum absolute atomic E-state index is 5.90. The highest BCUT2D eigenvalue weighted by molar-refractivity contribution is 6.01.